The fourth-order valence-corrected chi connectivity index (χ4v) is 14.1. The zero-order valence-electron chi connectivity index (χ0n) is 59.7. The zero-order chi connectivity index (χ0) is 68.1. The van der Waals surface area contributed by atoms with E-state index >= 15 is 0 Å². The summed E-state index contributed by atoms with van der Waals surface area (Å²) in [7, 11) is 0. The summed E-state index contributed by atoms with van der Waals surface area (Å²) in [4.78, 5) is 8.94. The molecule has 0 N–H and O–H groups in total. The largest absolute Gasteiger partial charge is 0.509 e. The second kappa shape index (κ2) is 21.6. The number of hydrogen-bond acceptors (Lipinski definition) is 4. The molecule has 442 valence electrons. The Bertz CT molecular complexity index is 5390. The molecule has 90 heavy (non-hydrogen) atoms. The Morgan fingerprint density at radius 2 is 1.17 bits per heavy atom. The summed E-state index contributed by atoms with van der Waals surface area (Å²) in [6.45, 7) is 10.5. The van der Waals surface area contributed by atoms with Crippen molar-refractivity contribution < 1.29 is 38.1 Å². The Morgan fingerprint density at radius 1 is 0.522 bits per heavy atom. The van der Waals surface area contributed by atoms with Gasteiger partial charge in [0.1, 0.15) is 5.82 Å². The third-order valence-electron chi connectivity index (χ3n) is 18.4. The molecule has 0 saturated carbocycles. The summed E-state index contributed by atoms with van der Waals surface area (Å²) >= 11 is 0. The van der Waals surface area contributed by atoms with Gasteiger partial charge in [-0.15, -0.1) is 48.0 Å². The van der Waals surface area contributed by atoms with Crippen molar-refractivity contribution in [2.45, 2.75) is 77.9 Å². The Hall–Kier alpha value is -9.54. The first-order valence-corrected chi connectivity index (χ1v) is 30.4. The Morgan fingerprint density at radius 3 is 1.91 bits per heavy atom. The zero-order valence-corrected chi connectivity index (χ0v) is 52.9. The second-order valence-corrected chi connectivity index (χ2v) is 25.8. The van der Waals surface area contributed by atoms with Gasteiger partial charge >= 0.3 is 0 Å². The number of aromatic nitrogens is 2. The number of nitrogens with zero attached hydrogens (tertiary/aromatic N) is 4. The molecule has 16 rings (SSSR count). The first kappa shape index (κ1) is 47.5. The smallest absolute Gasteiger partial charge is 0.135 e. The molecule has 5 nitrogen and oxygen atoms in total. The van der Waals surface area contributed by atoms with Gasteiger partial charge in [0.05, 0.1) is 5.41 Å². The van der Waals surface area contributed by atoms with Crippen molar-refractivity contribution in [3.05, 3.63) is 317 Å². The first-order valence-electron chi connectivity index (χ1n) is 34.9. The molecule has 0 bridgehead atoms. The van der Waals surface area contributed by atoms with Crippen molar-refractivity contribution in [1.29, 1.82) is 0 Å². The Balaban J connectivity index is 0.00000798. The number of pyridine rings is 1. The number of ether oxygens (including phenoxy) is 1. The maximum absolute atomic E-state index is 9.74. The third kappa shape index (κ3) is 9.18. The molecule has 2 aliphatic carbocycles. The van der Waals surface area contributed by atoms with E-state index in [-0.39, 0.29) is 89.7 Å². The summed E-state index contributed by atoms with van der Waals surface area (Å²) < 4.78 is 87.5. The van der Waals surface area contributed by atoms with Crippen LogP contribution < -0.4 is 14.5 Å². The minimum absolute atomic E-state index is 0. The van der Waals surface area contributed by atoms with Crippen molar-refractivity contribution in [2.75, 3.05) is 9.80 Å². The van der Waals surface area contributed by atoms with Crippen molar-refractivity contribution in [1.82, 2.24) is 9.55 Å². The van der Waals surface area contributed by atoms with Crippen LogP contribution in [-0.4, -0.2) is 9.55 Å². The number of para-hydroxylation sites is 4. The molecular weight excluding hydrogens is 1280 g/mol. The van der Waals surface area contributed by atoms with Crippen LogP contribution in [0, 0.1) is 32.5 Å². The first-order chi connectivity index (χ1) is 46.9. The number of anilines is 4. The van der Waals surface area contributed by atoms with Crippen LogP contribution in [-0.2, 0) is 43.7 Å². The predicted molar refractivity (Wildman–Crippen MR) is 368 cm³/mol. The molecule has 11 aromatic carbocycles. The third-order valence-corrected chi connectivity index (χ3v) is 18.4. The summed E-state index contributed by atoms with van der Waals surface area (Å²) in [6, 6.07) is 80.3. The van der Waals surface area contributed by atoms with Crippen LogP contribution >= 0.6 is 0 Å². The molecule has 0 radical (unpaired) electrons. The van der Waals surface area contributed by atoms with Crippen LogP contribution in [0.25, 0.3) is 72.1 Å². The van der Waals surface area contributed by atoms with Crippen LogP contribution in [0.3, 0.4) is 0 Å². The molecular formula is C84H67N4OPt-3. The monoisotopic (exact) mass is 1350 g/mol. The molecule has 2 aromatic heterocycles. The molecule has 0 amide bonds. The van der Waals surface area contributed by atoms with Gasteiger partial charge in [-0.05, 0) is 147 Å². The van der Waals surface area contributed by atoms with Gasteiger partial charge in [-0.2, -0.15) is 12.1 Å². The predicted octanol–water partition coefficient (Wildman–Crippen LogP) is 21.5. The maximum Gasteiger partial charge on any atom is 0.135 e. The summed E-state index contributed by atoms with van der Waals surface area (Å²) in [5, 5.41) is 1.59. The van der Waals surface area contributed by atoms with Gasteiger partial charge in [0.25, 0.3) is 0 Å². The quantitative estimate of drug-likeness (QED) is 0.142. The molecule has 13 aromatic rings. The van der Waals surface area contributed by atoms with E-state index < -0.39 is 19.1 Å². The minimum atomic E-state index is -2.63. The van der Waals surface area contributed by atoms with Crippen molar-refractivity contribution in [3.8, 4) is 61.8 Å². The average Bonchev–Trinajstić information content (AvgIpc) is 1.55. The van der Waals surface area contributed by atoms with Crippen LogP contribution in [0.5, 0.6) is 11.5 Å². The van der Waals surface area contributed by atoms with Gasteiger partial charge in [-0.25, -0.2) is 4.98 Å². The van der Waals surface area contributed by atoms with Crippen LogP contribution in [0.2, 0.25) is 0 Å². The van der Waals surface area contributed by atoms with Crippen molar-refractivity contribution in [2.24, 2.45) is 0 Å². The van der Waals surface area contributed by atoms with E-state index in [1.54, 1.807) is 18.2 Å². The number of aryl methyl sites for hydroxylation is 2. The van der Waals surface area contributed by atoms with Crippen LogP contribution in [0.1, 0.15) is 110 Å². The van der Waals surface area contributed by atoms with Crippen molar-refractivity contribution >= 4 is 44.6 Å². The van der Waals surface area contributed by atoms with Gasteiger partial charge in [-0.3, -0.25) is 0 Å². The summed E-state index contributed by atoms with van der Waals surface area (Å²) in [5.41, 5.74) is 20.1. The Kier molecular flexibility index (Phi) is 11.4. The van der Waals surface area contributed by atoms with E-state index in [9.17, 15) is 4.11 Å². The van der Waals surface area contributed by atoms with Gasteiger partial charge in [-0.1, -0.05) is 229 Å². The van der Waals surface area contributed by atoms with Crippen molar-refractivity contribution in [3.63, 3.8) is 0 Å². The van der Waals surface area contributed by atoms with Crippen LogP contribution in [0.15, 0.2) is 243 Å². The van der Waals surface area contributed by atoms with E-state index in [0.717, 1.165) is 56.5 Å². The Labute approximate surface area is 555 Å². The number of benzene rings is 11. The van der Waals surface area contributed by atoms with Gasteiger partial charge in [0, 0.05) is 87.6 Å². The van der Waals surface area contributed by atoms with Gasteiger partial charge < -0.3 is 19.1 Å². The molecule has 0 fully saturated rings. The fraction of sp³-hybridized carbons (Fsp3) is 0.143. The van der Waals surface area contributed by atoms with E-state index in [1.807, 2.05) is 64.7 Å². The standard InChI is InChI=1S/C84H67N4O.Pt/c1-53-22-19-25-55(42-53)71-51-85-80(43-54(71)2)88-76-35-16-12-29-69(76)70-41-39-64(50-79(70)88)89-63-27-20-26-62(49-63)86-52-87(78-37-18-17-36-77(78)86)81-65(30-21-31-66(81)59-45-60(82(3,4)5)48-61(46-59)83(6,7)8)56-38-40-68-67-28-11-15-34-74(67)84(75(68)47-56)72-32-13-9-23-57(72)44-58-24-10-14-33-73(58)84;/h9-43,45-48,51-52H,44H2,1-8H3;/q-3;/i1D3,2D3,20D,26D,27D;. The van der Waals surface area contributed by atoms with E-state index in [4.69, 9.17) is 17.9 Å². The maximum atomic E-state index is 9.74. The minimum Gasteiger partial charge on any atom is -0.509 e. The van der Waals surface area contributed by atoms with Gasteiger partial charge in [0.2, 0.25) is 0 Å². The van der Waals surface area contributed by atoms with Crippen LogP contribution in [0.4, 0.5) is 22.7 Å². The fourth-order valence-electron chi connectivity index (χ4n) is 14.1. The van der Waals surface area contributed by atoms with E-state index in [1.165, 1.54) is 80.0 Å². The molecule has 0 unspecified atom stereocenters. The number of hydrogen-bond donors (Lipinski definition) is 0. The summed E-state index contributed by atoms with van der Waals surface area (Å²) in [6.07, 6.45) is 2.31. The number of rotatable bonds is 8. The average molecular weight is 1350 g/mol. The molecule has 3 aliphatic rings. The number of fused-ring (bicyclic) bond motifs is 13. The van der Waals surface area contributed by atoms with E-state index in [0.29, 0.717) is 16.6 Å². The molecule has 0 saturated heterocycles. The summed E-state index contributed by atoms with van der Waals surface area (Å²) in [5.74, 6) is 0.332. The van der Waals surface area contributed by atoms with E-state index in [2.05, 4.69) is 192 Å². The SMILES string of the molecule is [2H]c1c(Oc2[c-]c3c(cc2)c2ccccc2n3-c2cc(C([2H])([2H])[2H])c(-c3cccc(C([2H])([2H])[2H])c3)cn2)[c-]c(N2[CH-]N(c3c(-c4cc(C(C)(C)C)cc(C(C)(C)C)c4)cccc3-c3ccc4c(c3)C3(c5ccccc5Cc5ccccc53)c3ccccc3-4)c3ccccc32)c([2H])c1[2H].[Pt]. The molecule has 1 aliphatic heterocycles. The second-order valence-electron chi connectivity index (χ2n) is 25.8. The molecule has 1 spiro atoms. The topological polar surface area (TPSA) is 33.5 Å². The molecule has 6 heteroatoms. The molecule has 0 atom stereocenters. The molecule has 3 heterocycles. The van der Waals surface area contributed by atoms with Gasteiger partial charge in [0.15, 0.2) is 0 Å². The normalized spacial score (nSPS) is 15.4.